The summed E-state index contributed by atoms with van der Waals surface area (Å²) in [5.41, 5.74) is 25.5. The summed E-state index contributed by atoms with van der Waals surface area (Å²) < 4.78 is 10.8. The second-order valence-electron chi connectivity index (χ2n) is 8.77. The Morgan fingerprint density at radius 1 is 0.788 bits per heavy atom. The molecule has 33 heavy (non-hydrogen) atoms. The molecule has 3 heterocycles. The van der Waals surface area contributed by atoms with E-state index in [-0.39, 0.29) is 24.2 Å². The van der Waals surface area contributed by atoms with E-state index in [1.807, 2.05) is 28.0 Å². The van der Waals surface area contributed by atoms with Crippen molar-refractivity contribution in [3.05, 3.63) is 18.2 Å². The van der Waals surface area contributed by atoms with Crippen molar-refractivity contribution in [1.82, 2.24) is 15.0 Å². The van der Waals surface area contributed by atoms with E-state index in [9.17, 15) is 0 Å². The number of ether oxygens (including phenoxy) is 2. The van der Waals surface area contributed by atoms with Crippen LogP contribution < -0.4 is 47.5 Å². The number of anilines is 4. The summed E-state index contributed by atoms with van der Waals surface area (Å²) in [6.07, 6.45) is 1.52. The maximum atomic E-state index is 6.22. The molecule has 2 fully saturated rings. The molecule has 0 saturated carbocycles. The van der Waals surface area contributed by atoms with Crippen molar-refractivity contribution in [2.45, 2.75) is 37.0 Å². The Kier molecular flexibility index (Phi) is 6.98. The Morgan fingerprint density at radius 3 is 1.76 bits per heavy atom. The molecule has 0 spiro atoms. The fourth-order valence-corrected chi connectivity index (χ4v) is 4.41. The van der Waals surface area contributed by atoms with Crippen LogP contribution in [0.15, 0.2) is 18.2 Å². The summed E-state index contributed by atoms with van der Waals surface area (Å²) in [7, 11) is 3.21. The van der Waals surface area contributed by atoms with E-state index in [1.165, 1.54) is 0 Å². The van der Waals surface area contributed by atoms with Crippen molar-refractivity contribution in [2.75, 3.05) is 55.5 Å². The highest BCUT2D eigenvalue weighted by Crippen LogP contribution is 2.32. The first-order valence-electron chi connectivity index (χ1n) is 11.1. The van der Waals surface area contributed by atoms with Gasteiger partial charge in [-0.05, 0) is 25.0 Å². The maximum Gasteiger partial charge on any atom is 0.233 e. The second kappa shape index (κ2) is 9.91. The number of methoxy groups -OCH3 is 2. The lowest BCUT2D eigenvalue weighted by atomic mass is 10.0. The van der Waals surface area contributed by atoms with E-state index < -0.39 is 0 Å². The highest BCUT2D eigenvalue weighted by atomic mass is 16.5. The normalized spacial score (nSPS) is 25.6. The molecule has 0 bridgehead atoms. The molecule has 2 saturated heterocycles. The number of rotatable bonds is 6. The van der Waals surface area contributed by atoms with Crippen molar-refractivity contribution in [1.29, 1.82) is 0 Å². The molecule has 0 aliphatic carbocycles. The monoisotopic (exact) mass is 458 g/mol. The quantitative estimate of drug-likeness (QED) is 0.370. The van der Waals surface area contributed by atoms with E-state index in [4.69, 9.17) is 37.4 Å². The number of nitrogens with two attached hydrogens (primary N) is 4. The number of nitrogens with one attached hydrogen (secondary N) is 1. The Balaban J connectivity index is 1.71. The third-order valence-electron chi connectivity index (χ3n) is 5.86. The smallest absolute Gasteiger partial charge is 0.233 e. The minimum Gasteiger partial charge on any atom is -0.497 e. The Hall–Kier alpha value is -2.93. The van der Waals surface area contributed by atoms with Crippen LogP contribution in [-0.2, 0) is 0 Å². The molecule has 2 aliphatic rings. The zero-order valence-electron chi connectivity index (χ0n) is 19.1. The molecule has 4 unspecified atom stereocenters. The number of hydrogen-bond donors (Lipinski definition) is 5. The summed E-state index contributed by atoms with van der Waals surface area (Å²) in [6.45, 7) is 2.44. The van der Waals surface area contributed by atoms with E-state index in [2.05, 4.69) is 15.3 Å². The van der Waals surface area contributed by atoms with E-state index in [0.717, 1.165) is 12.8 Å². The number of hydrogen-bond acceptors (Lipinski definition) is 12. The van der Waals surface area contributed by atoms with Crippen molar-refractivity contribution >= 4 is 23.5 Å². The van der Waals surface area contributed by atoms with Crippen LogP contribution >= 0.6 is 0 Å². The molecule has 9 N–H and O–H groups in total. The first-order valence-corrected chi connectivity index (χ1v) is 11.1. The van der Waals surface area contributed by atoms with Gasteiger partial charge >= 0.3 is 0 Å². The third-order valence-corrected chi connectivity index (χ3v) is 5.86. The standard InChI is InChI=1S/C21H34N10O2/c1-32-16-3-4-18(33-2)17(7-16)26-19-27-20(30-8-12(22)5-13(23)9-30)29-21(28-19)31-10-14(24)6-15(25)11-31/h3-4,7,12-15H,5-6,8-11,22-25H2,1-2H3,(H,26,27,28,29). The lowest BCUT2D eigenvalue weighted by molar-refractivity contribution is 0.404. The summed E-state index contributed by atoms with van der Waals surface area (Å²) in [5.74, 6) is 2.67. The van der Waals surface area contributed by atoms with Gasteiger partial charge < -0.3 is 47.5 Å². The fraction of sp³-hybridized carbons (Fsp3) is 0.571. The summed E-state index contributed by atoms with van der Waals surface area (Å²) in [5, 5.41) is 3.26. The Morgan fingerprint density at radius 2 is 1.30 bits per heavy atom. The van der Waals surface area contributed by atoms with Crippen LogP contribution in [-0.4, -0.2) is 79.5 Å². The van der Waals surface area contributed by atoms with Gasteiger partial charge in [-0.25, -0.2) is 0 Å². The predicted octanol–water partition coefficient (Wildman–Crippen LogP) is -0.638. The number of nitrogens with zero attached hydrogens (tertiary/aromatic N) is 5. The molecule has 0 amide bonds. The lowest BCUT2D eigenvalue weighted by Gasteiger charge is -2.37. The first-order chi connectivity index (χ1) is 15.8. The molecule has 12 nitrogen and oxygen atoms in total. The zero-order chi connectivity index (χ0) is 23.5. The average molecular weight is 459 g/mol. The maximum absolute atomic E-state index is 6.22. The second-order valence-corrected chi connectivity index (χ2v) is 8.77. The summed E-state index contributed by atoms with van der Waals surface area (Å²) in [4.78, 5) is 18.1. The molecule has 12 heteroatoms. The van der Waals surface area contributed by atoms with Gasteiger partial charge in [-0.1, -0.05) is 0 Å². The van der Waals surface area contributed by atoms with Crippen LogP contribution in [0, 0.1) is 0 Å². The minimum absolute atomic E-state index is 0.0549. The number of piperidine rings is 2. The van der Waals surface area contributed by atoms with Crippen LogP contribution in [0.2, 0.25) is 0 Å². The molecule has 4 rings (SSSR count). The lowest BCUT2D eigenvalue weighted by Crippen LogP contribution is -2.54. The van der Waals surface area contributed by atoms with Gasteiger partial charge in [0.15, 0.2) is 0 Å². The van der Waals surface area contributed by atoms with Crippen LogP contribution in [0.25, 0.3) is 0 Å². The average Bonchev–Trinajstić information content (AvgIpc) is 2.77. The first kappa shape index (κ1) is 23.2. The molecule has 2 aromatic rings. The van der Waals surface area contributed by atoms with Gasteiger partial charge in [0.05, 0.1) is 19.9 Å². The summed E-state index contributed by atoms with van der Waals surface area (Å²) in [6, 6.07) is 5.24. The molecule has 4 atom stereocenters. The molecular weight excluding hydrogens is 424 g/mol. The molecule has 180 valence electrons. The van der Waals surface area contributed by atoms with Crippen LogP contribution in [0.4, 0.5) is 23.5 Å². The van der Waals surface area contributed by atoms with Crippen molar-refractivity contribution < 1.29 is 9.47 Å². The van der Waals surface area contributed by atoms with Crippen molar-refractivity contribution in [3.8, 4) is 11.5 Å². The largest absolute Gasteiger partial charge is 0.497 e. The fourth-order valence-electron chi connectivity index (χ4n) is 4.41. The molecule has 1 aromatic carbocycles. The van der Waals surface area contributed by atoms with Gasteiger partial charge in [-0.2, -0.15) is 15.0 Å². The highest BCUT2D eigenvalue weighted by Gasteiger charge is 2.29. The van der Waals surface area contributed by atoms with E-state index in [0.29, 0.717) is 61.2 Å². The van der Waals surface area contributed by atoms with Gasteiger partial charge in [-0.15, -0.1) is 0 Å². The van der Waals surface area contributed by atoms with Gasteiger partial charge in [-0.3, -0.25) is 0 Å². The Bertz CT molecular complexity index is 896. The van der Waals surface area contributed by atoms with Crippen LogP contribution in [0.3, 0.4) is 0 Å². The van der Waals surface area contributed by atoms with Gasteiger partial charge in [0.2, 0.25) is 17.8 Å². The number of benzene rings is 1. The highest BCUT2D eigenvalue weighted by molar-refractivity contribution is 5.66. The van der Waals surface area contributed by atoms with Gasteiger partial charge in [0.25, 0.3) is 0 Å². The zero-order valence-corrected chi connectivity index (χ0v) is 19.1. The van der Waals surface area contributed by atoms with Gasteiger partial charge in [0, 0.05) is 56.4 Å². The van der Waals surface area contributed by atoms with E-state index >= 15 is 0 Å². The molecule has 0 radical (unpaired) electrons. The SMILES string of the molecule is COc1ccc(OC)c(Nc2nc(N3CC(N)CC(N)C3)nc(N3CC(N)CC(N)C3)n2)c1. The molecule has 2 aliphatic heterocycles. The Labute approximate surface area is 193 Å². The molecule has 1 aromatic heterocycles. The van der Waals surface area contributed by atoms with Crippen molar-refractivity contribution in [2.24, 2.45) is 22.9 Å². The third kappa shape index (κ3) is 5.53. The predicted molar refractivity (Wildman–Crippen MR) is 128 cm³/mol. The minimum atomic E-state index is -0.0549. The van der Waals surface area contributed by atoms with Gasteiger partial charge in [0.1, 0.15) is 11.5 Å². The topological polar surface area (TPSA) is 180 Å². The molecular formula is C21H34N10O2. The van der Waals surface area contributed by atoms with Crippen molar-refractivity contribution in [3.63, 3.8) is 0 Å². The number of aromatic nitrogens is 3. The summed E-state index contributed by atoms with van der Waals surface area (Å²) >= 11 is 0. The van der Waals surface area contributed by atoms with Crippen LogP contribution in [0.5, 0.6) is 11.5 Å². The van der Waals surface area contributed by atoms with E-state index in [1.54, 1.807) is 14.2 Å². The van der Waals surface area contributed by atoms with Crippen LogP contribution in [0.1, 0.15) is 12.8 Å².